The van der Waals surface area contributed by atoms with E-state index in [0.717, 1.165) is 36.6 Å². The first kappa shape index (κ1) is 28.3. The van der Waals surface area contributed by atoms with Crippen molar-refractivity contribution in [1.29, 1.82) is 0 Å². The molecule has 2 saturated heterocycles. The van der Waals surface area contributed by atoms with Crippen LogP contribution in [0.15, 0.2) is 35.5 Å². The first-order valence-electron chi connectivity index (χ1n) is 12.9. The zero-order valence-corrected chi connectivity index (χ0v) is 23.6. The second-order valence-electron chi connectivity index (χ2n) is 10.1. The van der Waals surface area contributed by atoms with Crippen molar-refractivity contribution in [1.82, 2.24) is 24.6 Å². The van der Waals surface area contributed by atoms with E-state index in [2.05, 4.69) is 39.4 Å². The first-order chi connectivity index (χ1) is 19.0. The highest BCUT2D eigenvalue weighted by molar-refractivity contribution is 7.89. The maximum atomic E-state index is 14.1. The molecule has 2 aliphatic heterocycles. The lowest BCUT2D eigenvalue weighted by Crippen LogP contribution is -2.54. The van der Waals surface area contributed by atoms with E-state index >= 15 is 0 Å². The van der Waals surface area contributed by atoms with Gasteiger partial charge in [0.25, 0.3) is 0 Å². The molecule has 5 rings (SSSR count). The Morgan fingerprint density at radius 2 is 1.70 bits per heavy atom. The SMILES string of the molecule is CC1CN(c2ncc(S(=O)(=O)N3CCC(Nc4nc(N)c(C(=O)c5c(F)cccc5F)s4)CC3)cn2)CC(C)N1. The summed E-state index contributed by atoms with van der Waals surface area (Å²) < 4.78 is 56.0. The zero-order valence-electron chi connectivity index (χ0n) is 22.0. The van der Waals surface area contributed by atoms with Crippen molar-refractivity contribution in [2.75, 3.05) is 42.1 Å². The smallest absolute Gasteiger partial charge is 0.246 e. The number of piperidine rings is 1. The van der Waals surface area contributed by atoms with Crippen molar-refractivity contribution in [3.63, 3.8) is 0 Å². The van der Waals surface area contributed by atoms with Gasteiger partial charge in [0.1, 0.15) is 27.2 Å². The Morgan fingerprint density at radius 3 is 2.30 bits per heavy atom. The summed E-state index contributed by atoms with van der Waals surface area (Å²) in [5.74, 6) is -2.47. The number of ketones is 1. The molecular weight excluding hydrogens is 562 g/mol. The molecule has 2 aliphatic rings. The van der Waals surface area contributed by atoms with Gasteiger partial charge in [-0.3, -0.25) is 4.79 Å². The minimum Gasteiger partial charge on any atom is -0.382 e. The zero-order chi connectivity index (χ0) is 28.6. The maximum Gasteiger partial charge on any atom is 0.246 e. The normalized spacial score (nSPS) is 20.9. The van der Waals surface area contributed by atoms with Gasteiger partial charge in [-0.05, 0) is 38.8 Å². The lowest BCUT2D eigenvalue weighted by molar-refractivity contribution is 0.103. The van der Waals surface area contributed by atoms with Crippen molar-refractivity contribution in [3.05, 3.63) is 52.7 Å². The van der Waals surface area contributed by atoms with Crippen molar-refractivity contribution in [2.45, 2.75) is 49.7 Å². The molecule has 15 heteroatoms. The molecule has 0 saturated carbocycles. The number of aromatic nitrogens is 3. The van der Waals surface area contributed by atoms with Gasteiger partial charge in [-0.25, -0.2) is 32.2 Å². The number of anilines is 3. The molecule has 1 aromatic carbocycles. The minimum absolute atomic E-state index is 0.0371. The number of piperazine rings is 1. The van der Waals surface area contributed by atoms with E-state index in [0.29, 0.717) is 23.9 Å². The molecule has 2 aromatic heterocycles. The van der Waals surface area contributed by atoms with E-state index < -0.39 is 33.0 Å². The summed E-state index contributed by atoms with van der Waals surface area (Å²) in [6.45, 7) is 6.13. The molecule has 40 heavy (non-hydrogen) atoms. The van der Waals surface area contributed by atoms with E-state index in [4.69, 9.17) is 5.73 Å². The van der Waals surface area contributed by atoms with Gasteiger partial charge >= 0.3 is 0 Å². The van der Waals surface area contributed by atoms with Crippen LogP contribution in [-0.4, -0.2) is 77.8 Å². The van der Waals surface area contributed by atoms with Crippen LogP contribution in [0.1, 0.15) is 41.9 Å². The van der Waals surface area contributed by atoms with Gasteiger partial charge in [0.2, 0.25) is 21.8 Å². The molecule has 2 fully saturated rings. The number of hydrogen-bond donors (Lipinski definition) is 3. The van der Waals surface area contributed by atoms with E-state index in [1.807, 2.05) is 4.90 Å². The Hall–Kier alpha value is -3.27. The third-order valence-electron chi connectivity index (χ3n) is 6.92. The van der Waals surface area contributed by atoms with Crippen molar-refractivity contribution < 1.29 is 22.0 Å². The standard InChI is InChI=1S/C25H30F2N8O3S2/c1-14-12-34(13-15(2)31-14)24-29-10-17(11-30-24)40(37,38)35-8-6-16(7-9-35)32-25-33-23(28)22(39-25)21(36)20-18(26)4-3-5-19(20)27/h3-5,10-11,14-16,31H,6-9,12-13,28H2,1-2H3,(H,32,33). The summed E-state index contributed by atoms with van der Waals surface area (Å²) >= 11 is 0.903. The fourth-order valence-electron chi connectivity index (χ4n) is 5.04. The second-order valence-corrected chi connectivity index (χ2v) is 13.0. The van der Waals surface area contributed by atoms with Gasteiger partial charge in [0.15, 0.2) is 5.13 Å². The Labute approximate surface area is 234 Å². The number of nitrogen functional groups attached to an aromatic ring is 1. The molecule has 0 amide bonds. The van der Waals surface area contributed by atoms with Crippen LogP contribution in [0.4, 0.5) is 25.7 Å². The Balaban J connectivity index is 1.20. The lowest BCUT2D eigenvalue weighted by atomic mass is 10.1. The second kappa shape index (κ2) is 11.3. The summed E-state index contributed by atoms with van der Waals surface area (Å²) in [6.07, 6.45) is 3.65. The molecule has 4 heterocycles. The maximum absolute atomic E-state index is 14.1. The van der Waals surface area contributed by atoms with E-state index in [1.54, 1.807) is 0 Å². The number of nitrogens with two attached hydrogens (primary N) is 1. The van der Waals surface area contributed by atoms with Gasteiger partial charge in [-0.1, -0.05) is 17.4 Å². The summed E-state index contributed by atoms with van der Waals surface area (Å²) in [4.78, 5) is 27.6. The number of thiazole rings is 1. The van der Waals surface area contributed by atoms with Crippen LogP contribution in [0.2, 0.25) is 0 Å². The van der Waals surface area contributed by atoms with Crippen molar-refractivity contribution in [2.24, 2.45) is 0 Å². The summed E-state index contributed by atoms with van der Waals surface area (Å²) in [6, 6.07) is 3.58. The fraction of sp³-hybridized carbons (Fsp3) is 0.440. The number of sulfonamides is 1. The fourth-order valence-corrected chi connectivity index (χ4v) is 7.31. The summed E-state index contributed by atoms with van der Waals surface area (Å²) in [5, 5.41) is 6.93. The molecule has 4 N–H and O–H groups in total. The Morgan fingerprint density at radius 1 is 1.10 bits per heavy atom. The van der Waals surface area contributed by atoms with Crippen LogP contribution in [0.25, 0.3) is 0 Å². The lowest BCUT2D eigenvalue weighted by Gasteiger charge is -2.36. The predicted molar refractivity (Wildman–Crippen MR) is 148 cm³/mol. The van der Waals surface area contributed by atoms with Crippen LogP contribution in [0.5, 0.6) is 0 Å². The minimum atomic E-state index is -3.78. The Kier molecular flexibility index (Phi) is 7.99. The van der Waals surface area contributed by atoms with Gasteiger partial charge < -0.3 is 21.3 Å². The first-order valence-corrected chi connectivity index (χ1v) is 15.1. The molecule has 0 aliphatic carbocycles. The molecule has 2 unspecified atom stereocenters. The highest BCUT2D eigenvalue weighted by atomic mass is 32.2. The third-order valence-corrected chi connectivity index (χ3v) is 9.78. The number of hydrogen-bond acceptors (Lipinski definition) is 11. The van der Waals surface area contributed by atoms with Gasteiger partial charge in [0, 0.05) is 44.3 Å². The number of nitrogens with zero attached hydrogens (tertiary/aromatic N) is 5. The molecule has 11 nitrogen and oxygen atoms in total. The number of benzene rings is 1. The molecule has 3 aromatic rings. The predicted octanol–water partition coefficient (Wildman–Crippen LogP) is 2.48. The van der Waals surface area contributed by atoms with Crippen molar-refractivity contribution in [3.8, 4) is 0 Å². The molecule has 0 spiro atoms. The number of halogens is 2. The van der Waals surface area contributed by atoms with Crippen LogP contribution in [0, 0.1) is 11.6 Å². The van der Waals surface area contributed by atoms with E-state index in [1.165, 1.54) is 22.8 Å². The van der Waals surface area contributed by atoms with Crippen LogP contribution >= 0.6 is 11.3 Å². The van der Waals surface area contributed by atoms with Gasteiger partial charge in [0.05, 0.1) is 18.0 Å². The number of nitrogens with one attached hydrogen (secondary N) is 2. The number of carbonyl (C=O) groups excluding carboxylic acids is 1. The Bertz CT molecular complexity index is 1460. The number of carbonyl (C=O) groups is 1. The average Bonchev–Trinajstić information content (AvgIpc) is 3.28. The highest BCUT2D eigenvalue weighted by Crippen LogP contribution is 2.31. The van der Waals surface area contributed by atoms with Gasteiger partial charge in [-0.15, -0.1) is 0 Å². The summed E-state index contributed by atoms with van der Waals surface area (Å²) in [5.41, 5.74) is 5.20. The third kappa shape index (κ3) is 5.77. The van der Waals surface area contributed by atoms with Crippen LogP contribution < -0.4 is 21.3 Å². The largest absolute Gasteiger partial charge is 0.382 e. The molecule has 0 radical (unpaired) electrons. The number of rotatable bonds is 7. The van der Waals surface area contributed by atoms with Crippen LogP contribution in [-0.2, 0) is 10.0 Å². The van der Waals surface area contributed by atoms with Gasteiger partial charge in [-0.2, -0.15) is 4.31 Å². The van der Waals surface area contributed by atoms with E-state index in [9.17, 15) is 22.0 Å². The molecule has 214 valence electrons. The molecule has 0 bridgehead atoms. The quantitative estimate of drug-likeness (QED) is 0.350. The average molecular weight is 593 g/mol. The molecule has 2 atom stereocenters. The van der Waals surface area contributed by atoms with E-state index in [-0.39, 0.29) is 46.8 Å². The highest BCUT2D eigenvalue weighted by Gasteiger charge is 2.32. The summed E-state index contributed by atoms with van der Waals surface area (Å²) in [7, 11) is -3.78. The topological polar surface area (TPSA) is 146 Å². The molecular formula is C25H30F2N8O3S2. The van der Waals surface area contributed by atoms with Crippen LogP contribution in [0.3, 0.4) is 0 Å². The van der Waals surface area contributed by atoms with Crippen molar-refractivity contribution >= 4 is 44.0 Å². The monoisotopic (exact) mass is 592 g/mol.